The third kappa shape index (κ3) is 3.11. The maximum absolute atomic E-state index is 12.7. The van der Waals surface area contributed by atoms with E-state index < -0.39 is 0 Å². The van der Waals surface area contributed by atoms with E-state index in [1.54, 1.807) is 0 Å². The van der Waals surface area contributed by atoms with Crippen LogP contribution in [0.25, 0.3) is 0 Å². The smallest absolute Gasteiger partial charge is 0.107 e. The first-order chi connectivity index (χ1) is 6.70. The van der Waals surface area contributed by atoms with E-state index in [0.29, 0.717) is 0 Å². The van der Waals surface area contributed by atoms with Gasteiger partial charge in [0.15, 0.2) is 0 Å². The van der Waals surface area contributed by atoms with Gasteiger partial charge in [-0.15, -0.1) is 0 Å². The summed E-state index contributed by atoms with van der Waals surface area (Å²) < 4.78 is 12.7. The topological polar surface area (TPSA) is 12.0 Å². The molecule has 1 atom stereocenters. The third-order valence-corrected chi connectivity index (χ3v) is 2.64. The van der Waals surface area contributed by atoms with Gasteiger partial charge >= 0.3 is 0 Å². The maximum atomic E-state index is 12.7. The molecule has 2 heteroatoms. The molecule has 78 valence electrons. The first kappa shape index (κ1) is 11.2. The van der Waals surface area contributed by atoms with Gasteiger partial charge < -0.3 is 5.32 Å². The summed E-state index contributed by atoms with van der Waals surface area (Å²) in [6, 6.07) is 10.1. The molecule has 0 aliphatic heterocycles. The van der Waals surface area contributed by atoms with Crippen molar-refractivity contribution in [2.24, 2.45) is 0 Å². The first-order valence-corrected chi connectivity index (χ1v) is 5.05. The second-order valence-corrected chi connectivity index (χ2v) is 3.89. The van der Waals surface area contributed by atoms with E-state index in [9.17, 15) is 4.39 Å². The minimum Gasteiger partial charge on any atom is -0.305 e. The molecule has 14 heavy (non-hydrogen) atoms. The molecule has 0 aliphatic carbocycles. The fourth-order valence-corrected chi connectivity index (χ4v) is 1.18. The van der Waals surface area contributed by atoms with Crippen molar-refractivity contribution in [2.45, 2.75) is 32.4 Å². The second-order valence-electron chi connectivity index (χ2n) is 3.89. The van der Waals surface area contributed by atoms with Crippen molar-refractivity contribution in [1.29, 1.82) is 0 Å². The lowest BCUT2D eigenvalue weighted by atomic mass is 10.0. The lowest BCUT2D eigenvalue weighted by Crippen LogP contribution is -2.43. The number of benzene rings is 1. The van der Waals surface area contributed by atoms with Crippen LogP contribution < -0.4 is 5.32 Å². The Labute approximate surface area is 85.3 Å². The summed E-state index contributed by atoms with van der Waals surface area (Å²) in [5, 5.41) is 3.24. The van der Waals surface area contributed by atoms with E-state index in [0.717, 1.165) is 13.0 Å². The van der Waals surface area contributed by atoms with E-state index in [1.165, 1.54) is 5.56 Å². The predicted molar refractivity (Wildman–Crippen MR) is 58.0 cm³/mol. The predicted octanol–water partition coefficient (Wildman–Crippen LogP) is 2.91. The molecular weight excluding hydrogens is 177 g/mol. The third-order valence-electron chi connectivity index (χ3n) is 2.64. The maximum Gasteiger partial charge on any atom is 0.107 e. The van der Waals surface area contributed by atoms with E-state index in [-0.39, 0.29) is 12.2 Å². The monoisotopic (exact) mass is 195 g/mol. The average Bonchev–Trinajstić information content (AvgIpc) is 2.27. The molecule has 0 bridgehead atoms. The first-order valence-electron chi connectivity index (χ1n) is 5.05. The standard InChI is InChI=1S/C12H18FN/c1-3-12(2,10-13)14-9-11-7-5-4-6-8-11/h4-8,14H,3,9-10H2,1-2H3/t12-/m1/s1. The quantitative estimate of drug-likeness (QED) is 0.761. The molecule has 0 unspecified atom stereocenters. The molecule has 0 aliphatic rings. The van der Waals surface area contributed by atoms with Gasteiger partial charge in [-0.1, -0.05) is 37.3 Å². The molecule has 0 heterocycles. The summed E-state index contributed by atoms with van der Waals surface area (Å²) in [7, 11) is 0. The highest BCUT2D eigenvalue weighted by Crippen LogP contribution is 2.11. The molecule has 0 saturated heterocycles. The van der Waals surface area contributed by atoms with Gasteiger partial charge in [-0.3, -0.25) is 0 Å². The van der Waals surface area contributed by atoms with Gasteiger partial charge in [0, 0.05) is 12.1 Å². The minimum atomic E-state index is -0.379. The molecule has 0 aromatic heterocycles. The molecule has 1 aromatic rings. The molecule has 0 radical (unpaired) electrons. The van der Waals surface area contributed by atoms with Gasteiger partial charge in [-0.05, 0) is 18.9 Å². The van der Waals surface area contributed by atoms with Crippen LogP contribution in [-0.4, -0.2) is 12.2 Å². The Balaban J connectivity index is 2.48. The average molecular weight is 195 g/mol. The van der Waals surface area contributed by atoms with Crippen molar-refractivity contribution < 1.29 is 4.39 Å². The Morgan fingerprint density at radius 3 is 2.43 bits per heavy atom. The summed E-state index contributed by atoms with van der Waals surface area (Å²) >= 11 is 0. The molecule has 1 nitrogen and oxygen atoms in total. The fraction of sp³-hybridized carbons (Fsp3) is 0.500. The van der Waals surface area contributed by atoms with E-state index in [2.05, 4.69) is 5.32 Å². The van der Waals surface area contributed by atoms with Crippen LogP contribution in [0.4, 0.5) is 4.39 Å². The Morgan fingerprint density at radius 2 is 1.93 bits per heavy atom. The zero-order chi connectivity index (χ0) is 10.4. The van der Waals surface area contributed by atoms with Gasteiger partial charge in [0.05, 0.1) is 0 Å². The van der Waals surface area contributed by atoms with Gasteiger partial charge in [-0.25, -0.2) is 4.39 Å². The van der Waals surface area contributed by atoms with Crippen LogP contribution in [0.5, 0.6) is 0 Å². The lowest BCUT2D eigenvalue weighted by molar-refractivity contribution is 0.256. The lowest BCUT2D eigenvalue weighted by Gasteiger charge is -2.26. The fourth-order valence-electron chi connectivity index (χ4n) is 1.18. The summed E-state index contributed by atoms with van der Waals surface area (Å²) in [5.41, 5.74) is 0.816. The molecule has 1 aromatic carbocycles. The molecule has 0 fully saturated rings. The molecular formula is C12H18FN. The highest BCUT2D eigenvalue weighted by molar-refractivity contribution is 5.14. The van der Waals surface area contributed by atoms with Crippen molar-refractivity contribution >= 4 is 0 Å². The Bertz CT molecular complexity index is 254. The Hall–Kier alpha value is -0.890. The summed E-state index contributed by atoms with van der Waals surface area (Å²) in [6.45, 7) is 4.32. The van der Waals surface area contributed by atoms with Gasteiger partial charge in [0.25, 0.3) is 0 Å². The van der Waals surface area contributed by atoms with Gasteiger partial charge in [0.1, 0.15) is 6.67 Å². The van der Waals surface area contributed by atoms with Crippen molar-refractivity contribution in [2.75, 3.05) is 6.67 Å². The Morgan fingerprint density at radius 1 is 1.29 bits per heavy atom. The van der Waals surface area contributed by atoms with Crippen LogP contribution in [0.3, 0.4) is 0 Å². The summed E-state index contributed by atoms with van der Waals surface area (Å²) in [6.07, 6.45) is 0.802. The summed E-state index contributed by atoms with van der Waals surface area (Å²) in [5.74, 6) is 0. The molecule has 0 spiro atoms. The van der Waals surface area contributed by atoms with Crippen molar-refractivity contribution in [1.82, 2.24) is 5.32 Å². The summed E-state index contributed by atoms with van der Waals surface area (Å²) in [4.78, 5) is 0. The highest BCUT2D eigenvalue weighted by atomic mass is 19.1. The number of rotatable bonds is 5. The number of hydrogen-bond donors (Lipinski definition) is 1. The van der Waals surface area contributed by atoms with Crippen LogP contribution in [0.2, 0.25) is 0 Å². The van der Waals surface area contributed by atoms with Crippen LogP contribution in [0.1, 0.15) is 25.8 Å². The van der Waals surface area contributed by atoms with Crippen molar-refractivity contribution in [3.8, 4) is 0 Å². The minimum absolute atomic E-state index is 0.323. The zero-order valence-corrected chi connectivity index (χ0v) is 8.89. The number of nitrogens with one attached hydrogen (secondary N) is 1. The van der Waals surface area contributed by atoms with E-state index in [4.69, 9.17) is 0 Å². The highest BCUT2D eigenvalue weighted by Gasteiger charge is 2.20. The van der Waals surface area contributed by atoms with Crippen LogP contribution in [0, 0.1) is 0 Å². The molecule has 0 amide bonds. The molecule has 1 N–H and O–H groups in total. The SMILES string of the molecule is CC[C@](C)(CF)NCc1ccccc1. The zero-order valence-electron chi connectivity index (χ0n) is 8.89. The largest absolute Gasteiger partial charge is 0.305 e. The van der Waals surface area contributed by atoms with Crippen molar-refractivity contribution in [3.63, 3.8) is 0 Å². The van der Waals surface area contributed by atoms with E-state index >= 15 is 0 Å². The number of alkyl halides is 1. The van der Waals surface area contributed by atoms with Crippen LogP contribution in [-0.2, 0) is 6.54 Å². The van der Waals surface area contributed by atoms with Crippen LogP contribution in [0.15, 0.2) is 30.3 Å². The van der Waals surface area contributed by atoms with Crippen molar-refractivity contribution in [3.05, 3.63) is 35.9 Å². The molecule has 1 rings (SSSR count). The normalized spacial score (nSPS) is 15.1. The van der Waals surface area contributed by atoms with Gasteiger partial charge in [-0.2, -0.15) is 0 Å². The van der Waals surface area contributed by atoms with Gasteiger partial charge in [0.2, 0.25) is 0 Å². The Kier molecular flexibility index (Phi) is 4.08. The van der Waals surface area contributed by atoms with E-state index in [1.807, 2.05) is 44.2 Å². The molecule has 0 saturated carbocycles. The second kappa shape index (κ2) is 5.11. The van der Waals surface area contributed by atoms with Crippen LogP contribution >= 0.6 is 0 Å². The number of halogens is 1. The number of hydrogen-bond acceptors (Lipinski definition) is 1.